The topological polar surface area (TPSA) is 81.5 Å². The van der Waals surface area contributed by atoms with Crippen LogP contribution < -0.4 is 5.32 Å². The van der Waals surface area contributed by atoms with E-state index >= 15 is 0 Å². The van der Waals surface area contributed by atoms with Crippen molar-refractivity contribution in [3.63, 3.8) is 0 Å². The lowest BCUT2D eigenvalue weighted by Crippen LogP contribution is -2.26. The number of nitrogens with one attached hydrogen (secondary N) is 1. The average molecular weight is 443 g/mol. The summed E-state index contributed by atoms with van der Waals surface area (Å²) in [4.78, 5) is 23.2. The number of fused-ring (bicyclic) bond motifs is 3. The quantitative estimate of drug-likeness (QED) is 0.270. The zero-order chi connectivity index (χ0) is 23.4. The number of carbonyl (C=O) groups is 1. The summed E-state index contributed by atoms with van der Waals surface area (Å²) < 4.78 is 5.52. The molecule has 0 aromatic heterocycles. The summed E-state index contributed by atoms with van der Waals surface area (Å²) in [5, 5.41) is 14.1. The normalized spacial score (nSPS) is 12.4. The van der Waals surface area contributed by atoms with Crippen LogP contribution in [0.2, 0.25) is 0 Å². The van der Waals surface area contributed by atoms with Crippen molar-refractivity contribution in [1.29, 1.82) is 0 Å². The van der Waals surface area contributed by atoms with Gasteiger partial charge in [-0.2, -0.15) is 0 Å². The van der Waals surface area contributed by atoms with Crippen molar-refractivity contribution in [2.24, 2.45) is 0 Å². The molecule has 0 bridgehead atoms. The smallest absolute Gasteiger partial charge is 0.407 e. The summed E-state index contributed by atoms with van der Waals surface area (Å²) in [6, 6.07) is 19.9. The van der Waals surface area contributed by atoms with Gasteiger partial charge in [0, 0.05) is 18.5 Å². The van der Waals surface area contributed by atoms with Crippen LogP contribution in [0.15, 0.2) is 66.7 Å². The number of aryl methyl sites for hydroxylation is 2. The Bertz CT molecular complexity index is 1190. The molecule has 4 rings (SSSR count). The van der Waals surface area contributed by atoms with Crippen molar-refractivity contribution in [2.45, 2.75) is 26.2 Å². The van der Waals surface area contributed by atoms with Gasteiger partial charge in [-0.1, -0.05) is 66.7 Å². The van der Waals surface area contributed by atoms with Crippen LogP contribution in [0.5, 0.6) is 0 Å². The summed E-state index contributed by atoms with van der Waals surface area (Å²) in [5.74, 6) is 0.0214. The first-order valence-electron chi connectivity index (χ1n) is 11.0. The first-order valence-corrected chi connectivity index (χ1v) is 11.0. The van der Waals surface area contributed by atoms with Crippen molar-refractivity contribution in [3.8, 4) is 11.1 Å². The molecule has 1 N–H and O–H groups in total. The average Bonchev–Trinajstić information content (AvgIpc) is 3.12. The minimum absolute atomic E-state index is 0.0214. The molecule has 0 spiro atoms. The highest BCUT2D eigenvalue weighted by molar-refractivity contribution is 5.79. The lowest BCUT2D eigenvalue weighted by Gasteiger charge is -2.14. The molecule has 0 aliphatic heterocycles. The van der Waals surface area contributed by atoms with E-state index in [9.17, 15) is 14.9 Å². The van der Waals surface area contributed by atoms with Crippen molar-refractivity contribution < 1.29 is 14.5 Å². The second-order valence-electron chi connectivity index (χ2n) is 8.22. The number of carbonyl (C=O) groups excluding carboxylic acids is 1. The third-order valence-electron chi connectivity index (χ3n) is 5.91. The predicted octanol–water partition coefficient (Wildman–Crippen LogP) is 6.15. The first kappa shape index (κ1) is 22.3. The number of ether oxygens (including phenoxy) is 1. The second kappa shape index (κ2) is 9.69. The Balaban J connectivity index is 1.31. The Morgan fingerprint density at radius 3 is 2.33 bits per heavy atom. The van der Waals surface area contributed by atoms with E-state index in [-0.39, 0.29) is 23.1 Å². The van der Waals surface area contributed by atoms with Gasteiger partial charge in [0.1, 0.15) is 6.61 Å². The molecule has 0 fully saturated rings. The Morgan fingerprint density at radius 2 is 1.70 bits per heavy atom. The number of alkyl carbamates (subject to hydrolysis) is 1. The van der Waals surface area contributed by atoms with Gasteiger partial charge in [0.05, 0.1) is 10.5 Å². The van der Waals surface area contributed by atoms with E-state index < -0.39 is 6.09 Å². The molecule has 168 valence electrons. The van der Waals surface area contributed by atoms with E-state index in [0.717, 1.165) is 11.1 Å². The van der Waals surface area contributed by atoms with Crippen LogP contribution in [0.25, 0.3) is 17.2 Å². The molecule has 3 aromatic carbocycles. The van der Waals surface area contributed by atoms with Crippen LogP contribution in [0.1, 0.15) is 40.2 Å². The number of rotatable bonds is 7. The molecule has 0 saturated heterocycles. The van der Waals surface area contributed by atoms with Gasteiger partial charge >= 0.3 is 6.09 Å². The maximum atomic E-state index is 12.2. The minimum atomic E-state index is -0.470. The molecular formula is C27H26N2O4. The van der Waals surface area contributed by atoms with Gasteiger partial charge in [-0.25, -0.2) is 4.79 Å². The summed E-state index contributed by atoms with van der Waals surface area (Å²) in [6.07, 6.45) is 3.64. The Labute approximate surface area is 193 Å². The maximum Gasteiger partial charge on any atom is 0.407 e. The third kappa shape index (κ3) is 4.80. The van der Waals surface area contributed by atoms with Crippen LogP contribution in [0.3, 0.4) is 0 Å². The van der Waals surface area contributed by atoms with Crippen LogP contribution in [0.4, 0.5) is 10.5 Å². The molecular weight excluding hydrogens is 416 g/mol. The van der Waals surface area contributed by atoms with E-state index in [1.807, 2.05) is 50.3 Å². The van der Waals surface area contributed by atoms with E-state index in [0.29, 0.717) is 18.5 Å². The Hall–Kier alpha value is -3.93. The van der Waals surface area contributed by atoms with Gasteiger partial charge in [-0.3, -0.25) is 10.1 Å². The van der Waals surface area contributed by atoms with E-state index in [1.165, 1.54) is 22.3 Å². The van der Waals surface area contributed by atoms with Crippen molar-refractivity contribution in [2.75, 3.05) is 13.2 Å². The second-order valence-corrected chi connectivity index (χ2v) is 8.22. The van der Waals surface area contributed by atoms with Gasteiger partial charge in [0.2, 0.25) is 0 Å². The Morgan fingerprint density at radius 1 is 1.06 bits per heavy atom. The lowest BCUT2D eigenvalue weighted by atomic mass is 9.98. The van der Waals surface area contributed by atoms with E-state index in [1.54, 1.807) is 12.1 Å². The molecule has 0 atom stereocenters. The van der Waals surface area contributed by atoms with Crippen LogP contribution >= 0.6 is 0 Å². The molecule has 1 amide bonds. The molecule has 0 radical (unpaired) electrons. The molecule has 1 aliphatic rings. The fourth-order valence-electron chi connectivity index (χ4n) is 4.43. The van der Waals surface area contributed by atoms with E-state index in [2.05, 4.69) is 29.6 Å². The lowest BCUT2D eigenvalue weighted by molar-refractivity contribution is -0.385. The minimum Gasteiger partial charge on any atom is -0.449 e. The number of amides is 1. The molecule has 6 heteroatoms. The summed E-state index contributed by atoms with van der Waals surface area (Å²) in [6.45, 7) is 4.34. The zero-order valence-corrected chi connectivity index (χ0v) is 18.7. The maximum absolute atomic E-state index is 12.2. The van der Waals surface area contributed by atoms with Crippen LogP contribution in [-0.2, 0) is 4.74 Å². The van der Waals surface area contributed by atoms with Gasteiger partial charge in [0.25, 0.3) is 5.69 Å². The van der Waals surface area contributed by atoms with Crippen LogP contribution in [0, 0.1) is 24.0 Å². The number of hydrogen-bond acceptors (Lipinski definition) is 4. The predicted molar refractivity (Wildman–Crippen MR) is 129 cm³/mol. The third-order valence-corrected chi connectivity index (χ3v) is 5.91. The molecule has 33 heavy (non-hydrogen) atoms. The number of benzene rings is 3. The number of nitrogens with zero attached hydrogens (tertiary/aromatic N) is 1. The summed E-state index contributed by atoms with van der Waals surface area (Å²) in [5.41, 5.74) is 7.10. The highest BCUT2D eigenvalue weighted by Gasteiger charge is 2.28. The van der Waals surface area contributed by atoms with Gasteiger partial charge < -0.3 is 10.1 Å². The van der Waals surface area contributed by atoms with Crippen LogP contribution in [-0.4, -0.2) is 24.2 Å². The largest absolute Gasteiger partial charge is 0.449 e. The number of nitro benzene ring substituents is 1. The fourth-order valence-corrected chi connectivity index (χ4v) is 4.43. The van der Waals surface area contributed by atoms with Gasteiger partial charge in [-0.05, 0) is 53.6 Å². The number of nitro groups is 1. The zero-order valence-electron chi connectivity index (χ0n) is 18.7. The number of hydrogen-bond donors (Lipinski definition) is 1. The van der Waals surface area contributed by atoms with Gasteiger partial charge in [-0.15, -0.1) is 0 Å². The molecule has 0 saturated carbocycles. The molecule has 6 nitrogen and oxygen atoms in total. The Kier molecular flexibility index (Phi) is 6.54. The molecule has 1 aliphatic carbocycles. The standard InChI is InChI=1S/C27H26N2O4/c1-18-15-19(2)20(26(16-18)29(31)32)9-7-8-14-28-27(30)33-17-25-23-12-5-3-10-21(23)22-11-4-6-13-24(22)25/h3-7,9-13,15-16,25H,8,14,17H2,1-2H3,(H,28,30). The van der Waals surface area contributed by atoms with E-state index in [4.69, 9.17) is 4.74 Å². The van der Waals surface area contributed by atoms with Gasteiger partial charge in [0.15, 0.2) is 0 Å². The fraction of sp³-hybridized carbons (Fsp3) is 0.222. The summed E-state index contributed by atoms with van der Waals surface area (Å²) in [7, 11) is 0. The molecule has 0 unspecified atom stereocenters. The highest BCUT2D eigenvalue weighted by Crippen LogP contribution is 2.44. The highest BCUT2D eigenvalue weighted by atomic mass is 16.6. The molecule has 0 heterocycles. The van der Waals surface area contributed by atoms with Crippen molar-refractivity contribution >= 4 is 17.9 Å². The van der Waals surface area contributed by atoms with Crippen molar-refractivity contribution in [3.05, 3.63) is 105 Å². The van der Waals surface area contributed by atoms with Crippen molar-refractivity contribution in [1.82, 2.24) is 5.32 Å². The molecule has 3 aromatic rings. The monoisotopic (exact) mass is 442 g/mol. The first-order chi connectivity index (χ1) is 16.0. The SMILES string of the molecule is Cc1cc(C)c(C=CCCNC(=O)OCC2c3ccccc3-c3ccccc32)c([N+](=O)[O-])c1. The summed E-state index contributed by atoms with van der Waals surface area (Å²) >= 11 is 0.